The molecule has 0 saturated carbocycles. The third kappa shape index (κ3) is 4.52. The molecule has 14 heteroatoms. The summed E-state index contributed by atoms with van der Waals surface area (Å²) in [7, 11) is 0. The van der Waals surface area contributed by atoms with Crippen LogP contribution in [0.15, 0.2) is 17.5 Å². The maximum atomic E-state index is 12.5. The van der Waals surface area contributed by atoms with E-state index in [-0.39, 0.29) is 42.4 Å². The van der Waals surface area contributed by atoms with Crippen LogP contribution in [0, 0.1) is 17.0 Å². The van der Waals surface area contributed by atoms with E-state index in [0.717, 1.165) is 4.90 Å². The summed E-state index contributed by atoms with van der Waals surface area (Å²) < 4.78 is 6.14. The molecule has 0 aromatic carbocycles. The Balaban J connectivity index is 1.61. The molecule has 0 spiro atoms. The van der Waals surface area contributed by atoms with Crippen LogP contribution in [0.4, 0.5) is 5.69 Å². The van der Waals surface area contributed by atoms with E-state index in [4.69, 9.17) is 4.74 Å². The van der Waals surface area contributed by atoms with Gasteiger partial charge in [0.25, 0.3) is 5.91 Å². The number of carboxylic acid groups (broad SMARTS) is 1. The first-order valence-electron chi connectivity index (χ1n) is 9.11. The van der Waals surface area contributed by atoms with Crippen molar-refractivity contribution in [2.24, 2.45) is 0 Å². The number of hydrogen-bond acceptors (Lipinski definition) is 9. The lowest BCUT2D eigenvalue weighted by molar-refractivity contribution is -0.385. The van der Waals surface area contributed by atoms with Crippen molar-refractivity contribution >= 4 is 41.2 Å². The minimum absolute atomic E-state index is 0.0707. The van der Waals surface area contributed by atoms with Gasteiger partial charge in [0.05, 0.1) is 4.92 Å². The molecule has 2 N–H and O–H groups in total. The van der Waals surface area contributed by atoms with Crippen LogP contribution in [-0.4, -0.2) is 72.2 Å². The Morgan fingerprint density at radius 2 is 2.16 bits per heavy atom. The van der Waals surface area contributed by atoms with E-state index in [9.17, 15) is 34.4 Å². The number of carbonyl (C=O) groups is 4. The highest BCUT2D eigenvalue weighted by Crippen LogP contribution is 2.40. The number of hydrogen-bond donors (Lipinski definition) is 2. The number of amides is 2. The summed E-state index contributed by atoms with van der Waals surface area (Å²) in [5.41, 5.74) is 0.144. The van der Waals surface area contributed by atoms with E-state index in [1.165, 1.54) is 36.5 Å². The number of thioether (sulfide) groups is 1. The highest BCUT2D eigenvalue weighted by Gasteiger charge is 2.54. The monoisotopic (exact) mass is 453 g/mol. The molecule has 2 atom stereocenters. The molecule has 1 aromatic rings. The van der Waals surface area contributed by atoms with E-state index >= 15 is 0 Å². The van der Waals surface area contributed by atoms with Gasteiger partial charge >= 0.3 is 17.6 Å². The molecule has 0 bridgehead atoms. The van der Waals surface area contributed by atoms with Gasteiger partial charge in [-0.15, -0.1) is 11.8 Å². The number of esters is 1. The number of rotatable bonds is 8. The number of carbonyl (C=O) groups excluding carboxylic acids is 3. The zero-order chi connectivity index (χ0) is 22.9. The molecule has 0 aliphatic carbocycles. The standard InChI is InChI=1S/C17H19N5O8S/c1-8-11(22(28)29)5-20(19-8)4-3-12(24)18-13-15(25)21-14(17(26)27)10(6-30-9(2)23)7-31-16(13)21/h5,13,16H,3-4,6-7H2,1-2H3,(H,18,24)(H,26,27)/t13-,16+/m1/s1. The van der Waals surface area contributed by atoms with Crippen molar-refractivity contribution in [1.82, 2.24) is 20.0 Å². The van der Waals surface area contributed by atoms with Crippen molar-refractivity contribution in [3.8, 4) is 0 Å². The van der Waals surface area contributed by atoms with E-state index in [2.05, 4.69) is 10.4 Å². The number of aryl methyl sites for hydroxylation is 2. The third-order valence-corrected chi connectivity index (χ3v) is 6.04. The number of fused-ring (bicyclic) bond motifs is 1. The van der Waals surface area contributed by atoms with Crippen molar-refractivity contribution < 1.29 is 33.9 Å². The van der Waals surface area contributed by atoms with Crippen LogP contribution in [0.5, 0.6) is 0 Å². The summed E-state index contributed by atoms with van der Waals surface area (Å²) in [5.74, 6) is -2.70. The molecule has 1 fully saturated rings. The average Bonchev–Trinajstić information content (AvgIpc) is 3.08. The van der Waals surface area contributed by atoms with Gasteiger partial charge in [-0.1, -0.05) is 0 Å². The van der Waals surface area contributed by atoms with Crippen LogP contribution in [0.25, 0.3) is 0 Å². The Bertz CT molecular complexity index is 1000. The normalized spacial score (nSPS) is 20.1. The molecule has 2 amide bonds. The number of carboxylic acids is 1. The lowest BCUT2D eigenvalue weighted by Crippen LogP contribution is -2.70. The number of aromatic nitrogens is 2. The second kappa shape index (κ2) is 8.75. The Labute approximate surface area is 179 Å². The molecule has 3 heterocycles. The first kappa shape index (κ1) is 22.3. The zero-order valence-electron chi connectivity index (χ0n) is 16.6. The predicted molar refractivity (Wildman–Crippen MR) is 105 cm³/mol. The topological polar surface area (TPSA) is 174 Å². The van der Waals surface area contributed by atoms with Crippen molar-refractivity contribution in [3.63, 3.8) is 0 Å². The number of nitrogens with zero attached hydrogens (tertiary/aromatic N) is 4. The molecule has 0 unspecified atom stereocenters. The van der Waals surface area contributed by atoms with Crippen LogP contribution in [-0.2, 0) is 30.5 Å². The second-order valence-electron chi connectivity index (χ2n) is 6.86. The summed E-state index contributed by atoms with van der Waals surface area (Å²) in [6.45, 7) is 2.53. The number of ether oxygens (including phenoxy) is 1. The molecule has 2 aliphatic rings. The fourth-order valence-corrected chi connectivity index (χ4v) is 4.57. The van der Waals surface area contributed by atoms with Crippen molar-refractivity contribution in [1.29, 1.82) is 0 Å². The smallest absolute Gasteiger partial charge is 0.352 e. The summed E-state index contributed by atoms with van der Waals surface area (Å²) in [5, 5.41) is 26.3. The van der Waals surface area contributed by atoms with Crippen LogP contribution >= 0.6 is 11.8 Å². The summed E-state index contributed by atoms with van der Waals surface area (Å²) in [6.07, 6.45) is 1.16. The molecule has 166 valence electrons. The Morgan fingerprint density at radius 1 is 1.45 bits per heavy atom. The molecule has 1 aromatic heterocycles. The highest BCUT2D eigenvalue weighted by molar-refractivity contribution is 8.00. The van der Waals surface area contributed by atoms with E-state index in [1.54, 1.807) is 0 Å². The van der Waals surface area contributed by atoms with Gasteiger partial charge in [-0.3, -0.25) is 34.1 Å². The first-order valence-corrected chi connectivity index (χ1v) is 10.2. The van der Waals surface area contributed by atoms with E-state index in [0.29, 0.717) is 5.57 Å². The summed E-state index contributed by atoms with van der Waals surface area (Å²) in [6, 6.07) is -0.893. The van der Waals surface area contributed by atoms with Gasteiger partial charge in [0.15, 0.2) is 0 Å². The van der Waals surface area contributed by atoms with Gasteiger partial charge in [-0.05, 0) is 6.92 Å². The number of nitrogens with one attached hydrogen (secondary N) is 1. The quantitative estimate of drug-likeness (QED) is 0.232. The lowest BCUT2D eigenvalue weighted by Gasteiger charge is -2.49. The van der Waals surface area contributed by atoms with Crippen molar-refractivity contribution in [2.75, 3.05) is 12.4 Å². The molecular weight excluding hydrogens is 434 g/mol. The molecule has 31 heavy (non-hydrogen) atoms. The van der Waals surface area contributed by atoms with Crippen molar-refractivity contribution in [3.05, 3.63) is 33.3 Å². The van der Waals surface area contributed by atoms with Gasteiger partial charge in [0.2, 0.25) is 5.91 Å². The maximum Gasteiger partial charge on any atom is 0.352 e. The fourth-order valence-electron chi connectivity index (χ4n) is 3.25. The zero-order valence-corrected chi connectivity index (χ0v) is 17.4. The lowest BCUT2D eigenvalue weighted by atomic mass is 10.0. The number of aliphatic carboxylic acids is 1. The minimum Gasteiger partial charge on any atom is -0.477 e. The first-order chi connectivity index (χ1) is 14.6. The fraction of sp³-hybridized carbons (Fsp3) is 0.471. The summed E-state index contributed by atoms with van der Waals surface area (Å²) in [4.78, 5) is 58.9. The summed E-state index contributed by atoms with van der Waals surface area (Å²) >= 11 is 1.26. The van der Waals surface area contributed by atoms with E-state index < -0.39 is 40.1 Å². The molecule has 2 aliphatic heterocycles. The highest BCUT2D eigenvalue weighted by atomic mass is 32.2. The van der Waals surface area contributed by atoms with Gasteiger partial charge in [0.1, 0.15) is 35.6 Å². The average molecular weight is 453 g/mol. The van der Waals surface area contributed by atoms with Gasteiger partial charge in [-0.25, -0.2) is 4.79 Å². The van der Waals surface area contributed by atoms with E-state index in [1.807, 2.05) is 0 Å². The molecule has 1 saturated heterocycles. The predicted octanol–water partition coefficient (Wildman–Crippen LogP) is -0.208. The van der Waals surface area contributed by atoms with Gasteiger partial charge in [0, 0.05) is 31.2 Å². The molecule has 0 radical (unpaired) electrons. The molecule has 13 nitrogen and oxygen atoms in total. The third-order valence-electron chi connectivity index (χ3n) is 4.70. The van der Waals surface area contributed by atoms with Crippen LogP contribution < -0.4 is 5.32 Å². The molecule has 3 rings (SSSR count). The van der Waals surface area contributed by atoms with Crippen LogP contribution in [0.1, 0.15) is 19.0 Å². The maximum absolute atomic E-state index is 12.5. The SMILES string of the molecule is CC(=O)OCC1=C(C(=O)O)N2C(=O)[C@@H](NC(=O)CCn3cc([N+](=O)[O-])c(C)n3)[C@@H]2SC1. The Morgan fingerprint density at radius 3 is 2.74 bits per heavy atom. The van der Waals surface area contributed by atoms with Crippen molar-refractivity contribution in [2.45, 2.75) is 38.2 Å². The van der Waals surface area contributed by atoms with Gasteiger partial charge < -0.3 is 15.2 Å². The second-order valence-corrected chi connectivity index (χ2v) is 7.97. The molecular formula is C17H19N5O8S. The largest absolute Gasteiger partial charge is 0.477 e. The Kier molecular flexibility index (Phi) is 6.29. The Hall–Kier alpha value is -3.42. The number of nitro groups is 1. The minimum atomic E-state index is -1.32. The van der Waals surface area contributed by atoms with Crippen LogP contribution in [0.2, 0.25) is 0 Å². The van der Waals surface area contributed by atoms with Crippen LogP contribution in [0.3, 0.4) is 0 Å². The number of β-lactam (4-membered cyclic amide) rings is 1. The van der Waals surface area contributed by atoms with Gasteiger partial charge in [-0.2, -0.15) is 5.10 Å².